The van der Waals surface area contributed by atoms with Gasteiger partial charge >= 0.3 is 0 Å². The van der Waals surface area contributed by atoms with Crippen LogP contribution in [0, 0.1) is 36.0 Å². The van der Waals surface area contributed by atoms with Crippen molar-refractivity contribution in [3.8, 4) is 0 Å². The summed E-state index contributed by atoms with van der Waals surface area (Å²) in [6.07, 6.45) is 0. The largest absolute Gasteiger partial charge is 0.744 e. The van der Waals surface area contributed by atoms with E-state index in [1.807, 2.05) is 0 Å². The van der Waals surface area contributed by atoms with Crippen molar-refractivity contribution < 1.29 is 34.9 Å². The normalized spacial score (nSPS) is 11.2. The molecule has 0 saturated heterocycles. The highest BCUT2D eigenvalue weighted by molar-refractivity contribution is 7.97. The standard InChI is InChI=1S/C19H17S.C6HF5O3S/c1-16-9-8-14-19(15-16)20(17-10-4-2-5-11-17)18-12-6-3-7-13-18;7-1-2(8)4(10)6(15(12,13)14)5(11)3(1)9/h2-15H,1H3;(H,12,13,14)/q+1;/p-1. The predicted molar refractivity (Wildman–Crippen MR) is 120 cm³/mol. The molecular weight excluding hydrogens is 507 g/mol. The van der Waals surface area contributed by atoms with Gasteiger partial charge in [-0.1, -0.05) is 48.5 Å². The van der Waals surface area contributed by atoms with E-state index in [1.54, 1.807) is 0 Å². The highest BCUT2D eigenvalue weighted by Crippen LogP contribution is 2.31. The Kier molecular flexibility index (Phi) is 8.31. The first-order valence-corrected chi connectivity index (χ1v) is 12.5. The number of halogens is 5. The summed E-state index contributed by atoms with van der Waals surface area (Å²) in [5, 5.41) is 0. The van der Waals surface area contributed by atoms with Crippen LogP contribution < -0.4 is 0 Å². The van der Waals surface area contributed by atoms with E-state index in [1.165, 1.54) is 20.2 Å². The third-order valence-electron chi connectivity index (χ3n) is 4.60. The lowest BCUT2D eigenvalue weighted by atomic mass is 10.2. The molecule has 0 bridgehead atoms. The molecule has 35 heavy (non-hydrogen) atoms. The van der Waals surface area contributed by atoms with E-state index >= 15 is 0 Å². The molecule has 0 saturated carbocycles. The molecule has 3 nitrogen and oxygen atoms in total. The number of benzene rings is 4. The molecular formula is C25H17F5O3S2. The second-order valence-corrected chi connectivity index (χ2v) is 10.4. The van der Waals surface area contributed by atoms with Crippen molar-refractivity contribution in [1.82, 2.24) is 0 Å². The molecule has 0 unspecified atom stereocenters. The zero-order valence-electron chi connectivity index (χ0n) is 18.0. The van der Waals surface area contributed by atoms with Crippen molar-refractivity contribution in [2.75, 3.05) is 0 Å². The fourth-order valence-electron chi connectivity index (χ4n) is 3.07. The van der Waals surface area contributed by atoms with Gasteiger partial charge in [0, 0.05) is 0 Å². The summed E-state index contributed by atoms with van der Waals surface area (Å²) in [5.41, 5.74) is 1.31. The zero-order chi connectivity index (χ0) is 25.8. The monoisotopic (exact) mass is 524 g/mol. The smallest absolute Gasteiger partial charge is 0.200 e. The van der Waals surface area contributed by atoms with Gasteiger partial charge < -0.3 is 4.55 Å². The van der Waals surface area contributed by atoms with E-state index in [9.17, 15) is 34.9 Å². The Hall–Kier alpha value is -3.21. The first-order chi connectivity index (χ1) is 16.5. The van der Waals surface area contributed by atoms with Gasteiger partial charge in [0.25, 0.3) is 0 Å². The van der Waals surface area contributed by atoms with Crippen LogP contribution in [0.15, 0.2) is 105 Å². The first-order valence-electron chi connectivity index (χ1n) is 9.90. The van der Waals surface area contributed by atoms with Crippen LogP contribution in [0.25, 0.3) is 0 Å². The molecule has 0 aliphatic carbocycles. The third kappa shape index (κ3) is 6.08. The summed E-state index contributed by atoms with van der Waals surface area (Å²) in [4.78, 5) is 1.73. The van der Waals surface area contributed by atoms with Crippen molar-refractivity contribution in [3.63, 3.8) is 0 Å². The molecule has 0 aliphatic rings. The minimum Gasteiger partial charge on any atom is -0.744 e. The quantitative estimate of drug-likeness (QED) is 0.102. The second kappa shape index (κ2) is 11.0. The molecule has 0 aromatic heterocycles. The van der Waals surface area contributed by atoms with Gasteiger partial charge in [-0.25, -0.2) is 30.4 Å². The van der Waals surface area contributed by atoms with Crippen molar-refractivity contribution in [2.45, 2.75) is 26.5 Å². The van der Waals surface area contributed by atoms with Gasteiger partial charge in [0.1, 0.15) is 15.0 Å². The molecule has 182 valence electrons. The van der Waals surface area contributed by atoms with Gasteiger partial charge in [-0.05, 0) is 48.9 Å². The van der Waals surface area contributed by atoms with Crippen LogP contribution in [-0.4, -0.2) is 13.0 Å². The minimum absolute atomic E-state index is 0.0249. The number of hydrogen-bond donors (Lipinski definition) is 0. The molecule has 0 fully saturated rings. The molecule has 0 heterocycles. The Morgan fingerprint density at radius 2 is 1.00 bits per heavy atom. The summed E-state index contributed by atoms with van der Waals surface area (Å²) in [5.74, 6) is -12.8. The Labute approximate surface area is 202 Å². The zero-order valence-corrected chi connectivity index (χ0v) is 19.6. The molecule has 0 N–H and O–H groups in total. The molecule has 4 rings (SSSR count). The van der Waals surface area contributed by atoms with E-state index in [2.05, 4.69) is 91.9 Å². The molecule has 0 aliphatic heterocycles. The van der Waals surface area contributed by atoms with Crippen LogP contribution in [0.3, 0.4) is 0 Å². The van der Waals surface area contributed by atoms with Gasteiger partial charge in [-0.2, -0.15) is 0 Å². The maximum absolute atomic E-state index is 12.6. The summed E-state index contributed by atoms with van der Waals surface area (Å²) in [6.45, 7) is 2.15. The fourth-order valence-corrected chi connectivity index (χ4v) is 5.88. The third-order valence-corrected chi connectivity index (χ3v) is 7.67. The summed E-state index contributed by atoms with van der Waals surface area (Å²) in [7, 11) is -5.80. The van der Waals surface area contributed by atoms with Gasteiger partial charge in [0.2, 0.25) is 5.82 Å². The lowest BCUT2D eigenvalue weighted by Crippen LogP contribution is -2.12. The van der Waals surface area contributed by atoms with Crippen LogP contribution in [0.4, 0.5) is 22.0 Å². The van der Waals surface area contributed by atoms with Gasteiger partial charge in [-0.3, -0.25) is 0 Å². The van der Waals surface area contributed by atoms with Crippen LogP contribution in [0.2, 0.25) is 0 Å². The molecule has 4 aromatic carbocycles. The van der Waals surface area contributed by atoms with E-state index in [0.717, 1.165) is 0 Å². The van der Waals surface area contributed by atoms with Crippen molar-refractivity contribution in [2.24, 2.45) is 0 Å². The summed E-state index contributed by atoms with van der Waals surface area (Å²) >= 11 is 0. The lowest BCUT2D eigenvalue weighted by molar-refractivity contribution is 0.350. The summed E-state index contributed by atoms with van der Waals surface area (Å²) in [6, 6.07) is 30.3. The van der Waals surface area contributed by atoms with Gasteiger partial charge in [0.05, 0.1) is 10.9 Å². The van der Waals surface area contributed by atoms with E-state index in [4.69, 9.17) is 0 Å². The highest BCUT2D eigenvalue weighted by Gasteiger charge is 2.29. The van der Waals surface area contributed by atoms with Crippen LogP contribution in [-0.2, 0) is 21.0 Å². The van der Waals surface area contributed by atoms with Crippen molar-refractivity contribution in [1.29, 1.82) is 0 Å². The number of rotatable bonds is 4. The van der Waals surface area contributed by atoms with Crippen molar-refractivity contribution in [3.05, 3.63) is 120 Å². The maximum atomic E-state index is 12.6. The molecule has 0 spiro atoms. The van der Waals surface area contributed by atoms with Gasteiger partial charge in [-0.15, -0.1) is 0 Å². The SMILES string of the molecule is Cc1cccc([S+](c2ccccc2)c2ccccc2)c1.O=S(=O)([O-])c1c(F)c(F)c(F)c(F)c1F. The molecule has 0 radical (unpaired) electrons. The Morgan fingerprint density at radius 3 is 1.40 bits per heavy atom. The van der Waals surface area contributed by atoms with Crippen LogP contribution in [0.5, 0.6) is 0 Å². The maximum Gasteiger partial charge on any atom is 0.200 e. The predicted octanol–water partition coefficient (Wildman–Crippen LogP) is 6.38. The number of aryl methyl sites for hydroxylation is 1. The Bertz CT molecular complexity index is 1360. The Balaban J connectivity index is 0.000000205. The molecule has 0 amide bonds. The topological polar surface area (TPSA) is 57.2 Å². The Morgan fingerprint density at radius 1 is 0.600 bits per heavy atom. The average Bonchev–Trinajstić information content (AvgIpc) is 2.83. The number of hydrogen-bond acceptors (Lipinski definition) is 3. The van der Waals surface area contributed by atoms with Crippen LogP contribution in [0.1, 0.15) is 5.56 Å². The lowest BCUT2D eigenvalue weighted by Gasteiger charge is -2.10. The average molecular weight is 525 g/mol. The summed E-state index contributed by atoms with van der Waals surface area (Å²) < 4.78 is 92.9. The van der Waals surface area contributed by atoms with E-state index < -0.39 is 44.1 Å². The second-order valence-electron chi connectivity index (χ2n) is 7.10. The van der Waals surface area contributed by atoms with E-state index in [-0.39, 0.29) is 10.9 Å². The molecule has 10 heteroatoms. The van der Waals surface area contributed by atoms with Crippen LogP contribution >= 0.6 is 0 Å². The van der Waals surface area contributed by atoms with Crippen molar-refractivity contribution >= 4 is 21.0 Å². The van der Waals surface area contributed by atoms with E-state index in [0.29, 0.717) is 0 Å². The molecule has 4 aromatic rings. The fraction of sp³-hybridized carbons (Fsp3) is 0.0400. The minimum atomic E-state index is -5.77. The van der Waals surface area contributed by atoms with Gasteiger partial charge in [0.15, 0.2) is 38.0 Å². The highest BCUT2D eigenvalue weighted by atomic mass is 32.2. The molecule has 0 atom stereocenters. The first kappa shape index (κ1) is 26.4.